The van der Waals surface area contributed by atoms with Crippen molar-refractivity contribution in [2.75, 3.05) is 34.1 Å². The van der Waals surface area contributed by atoms with E-state index in [9.17, 15) is 9.18 Å². The number of halogens is 1. The Kier molecular flexibility index (Phi) is 11.0. The van der Waals surface area contributed by atoms with Gasteiger partial charge in [0, 0.05) is 5.92 Å². The number of thioether (sulfide) groups is 1. The smallest absolute Gasteiger partial charge is 0.306 e. The molecule has 0 radical (unpaired) electrons. The van der Waals surface area contributed by atoms with E-state index in [-0.39, 0.29) is 23.6 Å². The van der Waals surface area contributed by atoms with E-state index in [1.54, 1.807) is 7.11 Å². The number of carbonyl (C=O) groups excluding carboxylic acids is 1. The lowest BCUT2D eigenvalue weighted by Crippen LogP contribution is -2.36. The third-order valence-corrected chi connectivity index (χ3v) is 8.10. The molecule has 202 valence electrons. The Bertz CT molecular complexity index is 1050. The molecular weight excluding hydrogens is 495 g/mol. The Balaban J connectivity index is 1.80. The molecule has 1 aliphatic heterocycles. The van der Waals surface area contributed by atoms with Crippen molar-refractivity contribution in [3.63, 3.8) is 0 Å². The highest BCUT2D eigenvalue weighted by atomic mass is 32.2. The number of benzene rings is 2. The van der Waals surface area contributed by atoms with Crippen molar-refractivity contribution in [1.29, 1.82) is 0 Å². The summed E-state index contributed by atoms with van der Waals surface area (Å²) in [5.41, 5.74) is 4.03. The first kappa shape index (κ1) is 29.2. The van der Waals surface area contributed by atoms with E-state index >= 15 is 0 Å². The van der Waals surface area contributed by atoms with Gasteiger partial charge in [-0.05, 0) is 66.1 Å². The molecule has 1 fully saturated rings. The highest BCUT2D eigenvalue weighted by Crippen LogP contribution is 2.43. The van der Waals surface area contributed by atoms with Crippen LogP contribution in [0.4, 0.5) is 4.39 Å². The van der Waals surface area contributed by atoms with Gasteiger partial charge in [0.25, 0.3) is 0 Å². The van der Waals surface area contributed by atoms with Crippen molar-refractivity contribution in [3.05, 3.63) is 75.7 Å². The molecule has 0 aliphatic carbocycles. The zero-order valence-corrected chi connectivity index (χ0v) is 23.1. The Morgan fingerprint density at radius 1 is 1.14 bits per heavy atom. The van der Waals surface area contributed by atoms with E-state index < -0.39 is 12.5 Å². The van der Waals surface area contributed by atoms with Gasteiger partial charge in [-0.1, -0.05) is 30.3 Å². The fourth-order valence-corrected chi connectivity index (χ4v) is 5.42. The van der Waals surface area contributed by atoms with Crippen LogP contribution < -0.4 is 4.74 Å². The number of hydrogen-bond donors (Lipinski definition) is 0. The van der Waals surface area contributed by atoms with Gasteiger partial charge in [0.1, 0.15) is 12.4 Å². The highest BCUT2D eigenvalue weighted by Gasteiger charge is 2.39. The number of rotatable bonds is 13. The summed E-state index contributed by atoms with van der Waals surface area (Å²) in [7, 11) is 3.00. The normalized spacial score (nSPS) is 16.9. The molecule has 0 saturated carbocycles. The average molecular weight is 533 g/mol. The molecule has 6 nitrogen and oxygen atoms in total. The molecule has 1 saturated heterocycles. The predicted molar refractivity (Wildman–Crippen MR) is 143 cm³/mol. The maximum atomic E-state index is 13.7. The average Bonchev–Trinajstić information content (AvgIpc) is 3.36. The second-order valence-corrected chi connectivity index (χ2v) is 10.5. The van der Waals surface area contributed by atoms with Crippen LogP contribution in [0, 0.1) is 6.92 Å². The highest BCUT2D eigenvalue weighted by molar-refractivity contribution is 8.03. The molecule has 3 rings (SSSR count). The second kappa shape index (κ2) is 14.0. The molecule has 0 aromatic heterocycles. The molecule has 1 aliphatic rings. The van der Waals surface area contributed by atoms with Crippen molar-refractivity contribution in [3.8, 4) is 5.75 Å². The van der Waals surface area contributed by atoms with E-state index in [2.05, 4.69) is 0 Å². The van der Waals surface area contributed by atoms with Gasteiger partial charge in [0.15, 0.2) is 5.79 Å². The van der Waals surface area contributed by atoms with Crippen molar-refractivity contribution in [2.24, 2.45) is 0 Å². The lowest BCUT2D eigenvalue weighted by molar-refractivity contribution is -0.140. The molecule has 8 heteroatoms. The predicted octanol–water partition coefficient (Wildman–Crippen LogP) is 6.11. The molecule has 2 unspecified atom stereocenters. The van der Waals surface area contributed by atoms with Crippen LogP contribution in [0.1, 0.15) is 48.4 Å². The Morgan fingerprint density at radius 3 is 2.46 bits per heavy atom. The molecule has 2 atom stereocenters. The third-order valence-electron chi connectivity index (χ3n) is 6.59. The molecular formula is C29H37FO6S. The molecule has 0 N–H and O–H groups in total. The first-order chi connectivity index (χ1) is 17.8. The topological polar surface area (TPSA) is 63.2 Å². The summed E-state index contributed by atoms with van der Waals surface area (Å²) >= 11 is 1.47. The van der Waals surface area contributed by atoms with Crippen LogP contribution in [0.2, 0.25) is 0 Å². The Hall–Kier alpha value is -2.39. The van der Waals surface area contributed by atoms with Crippen molar-refractivity contribution >= 4 is 17.7 Å². The number of allylic oxidation sites excluding steroid dienone is 2. The minimum Gasteiger partial charge on any atom is -0.497 e. The number of ether oxygens (including phenoxy) is 5. The van der Waals surface area contributed by atoms with E-state index in [0.29, 0.717) is 26.4 Å². The van der Waals surface area contributed by atoms with E-state index in [1.165, 1.54) is 24.9 Å². The standard InChI is InChI=1S/C29H37FO6S/c1-20-6-9-23(16-24(20)19-34-18-22-7-10-25(32-4)11-8-22)26(17-28(31)33-5)27(12-13-30)37-21(2)29(3)35-14-15-36-29/h6-12,16,21,26H,13-15,17-19H2,1-5H3/b27-12-. The SMILES string of the molecule is COC(=O)CC(/C(=C/CF)SC(C)C1(C)OCCO1)c1ccc(C)c(COCc2ccc(OC)cc2)c1. The summed E-state index contributed by atoms with van der Waals surface area (Å²) in [6, 6.07) is 13.8. The van der Waals surface area contributed by atoms with Crippen molar-refractivity contribution in [2.45, 2.75) is 57.4 Å². The van der Waals surface area contributed by atoms with Crippen LogP contribution in [-0.2, 0) is 37.0 Å². The number of carbonyl (C=O) groups is 1. The Labute approximate surface area is 223 Å². The Morgan fingerprint density at radius 2 is 1.84 bits per heavy atom. The zero-order chi connectivity index (χ0) is 26.8. The number of methoxy groups -OCH3 is 2. The number of alkyl halides is 1. The zero-order valence-electron chi connectivity index (χ0n) is 22.3. The summed E-state index contributed by atoms with van der Waals surface area (Å²) in [6.07, 6.45) is 1.63. The van der Waals surface area contributed by atoms with Crippen LogP contribution >= 0.6 is 11.8 Å². The maximum absolute atomic E-state index is 13.7. The second-order valence-electron chi connectivity index (χ2n) is 9.09. The van der Waals surface area contributed by atoms with Crippen molar-refractivity contribution < 1.29 is 32.9 Å². The van der Waals surface area contributed by atoms with Gasteiger partial charge < -0.3 is 23.7 Å². The summed E-state index contributed by atoms with van der Waals surface area (Å²) in [6.45, 7) is 7.17. The van der Waals surface area contributed by atoms with Gasteiger partial charge in [-0.15, -0.1) is 11.8 Å². The molecule has 1 heterocycles. The van der Waals surface area contributed by atoms with Crippen LogP contribution in [0.25, 0.3) is 0 Å². The van der Waals surface area contributed by atoms with Gasteiger partial charge in [0.2, 0.25) is 0 Å². The van der Waals surface area contributed by atoms with Crippen LogP contribution in [-0.4, -0.2) is 51.1 Å². The molecule has 0 spiro atoms. The number of esters is 1. The third kappa shape index (κ3) is 8.04. The van der Waals surface area contributed by atoms with Gasteiger partial charge in [-0.2, -0.15) is 0 Å². The number of aryl methyl sites for hydroxylation is 1. The minimum absolute atomic E-state index is 0.0929. The van der Waals surface area contributed by atoms with E-state index in [1.807, 2.05) is 63.2 Å². The number of hydrogen-bond acceptors (Lipinski definition) is 7. The quantitative estimate of drug-likeness (QED) is 0.289. The lowest BCUT2D eigenvalue weighted by atomic mass is 9.92. The summed E-state index contributed by atoms with van der Waals surface area (Å²) in [5.74, 6) is -0.709. The van der Waals surface area contributed by atoms with E-state index in [4.69, 9.17) is 23.7 Å². The van der Waals surface area contributed by atoms with Gasteiger partial charge in [-0.3, -0.25) is 4.79 Å². The molecule has 37 heavy (non-hydrogen) atoms. The fourth-order valence-electron chi connectivity index (χ4n) is 4.12. The first-order valence-electron chi connectivity index (χ1n) is 12.4. The van der Waals surface area contributed by atoms with Crippen LogP contribution in [0.15, 0.2) is 53.4 Å². The van der Waals surface area contributed by atoms with Gasteiger partial charge >= 0.3 is 5.97 Å². The maximum Gasteiger partial charge on any atom is 0.306 e. The molecule has 0 amide bonds. The van der Waals surface area contributed by atoms with Crippen molar-refractivity contribution in [1.82, 2.24) is 0 Å². The van der Waals surface area contributed by atoms with Crippen LogP contribution in [0.5, 0.6) is 5.75 Å². The molecule has 2 aromatic rings. The van der Waals surface area contributed by atoms with Crippen LogP contribution in [0.3, 0.4) is 0 Å². The molecule has 0 bridgehead atoms. The van der Waals surface area contributed by atoms with Gasteiger partial charge in [0.05, 0.1) is 52.3 Å². The van der Waals surface area contributed by atoms with Gasteiger partial charge in [-0.25, -0.2) is 4.39 Å². The first-order valence-corrected chi connectivity index (χ1v) is 13.2. The largest absolute Gasteiger partial charge is 0.497 e. The lowest BCUT2D eigenvalue weighted by Gasteiger charge is -2.31. The fraction of sp³-hybridized carbons (Fsp3) is 0.483. The minimum atomic E-state index is -0.774. The monoisotopic (exact) mass is 532 g/mol. The van der Waals surface area contributed by atoms with E-state index in [0.717, 1.165) is 32.9 Å². The summed E-state index contributed by atoms with van der Waals surface area (Å²) in [5, 5.41) is -0.120. The summed E-state index contributed by atoms with van der Waals surface area (Å²) < 4.78 is 41.5. The summed E-state index contributed by atoms with van der Waals surface area (Å²) in [4.78, 5) is 13.1. The molecule has 2 aromatic carbocycles.